The minimum absolute atomic E-state index is 0.0507. The Balaban J connectivity index is 2.16. The lowest BCUT2D eigenvalue weighted by Gasteiger charge is -2.02. The van der Waals surface area contributed by atoms with Crippen molar-refractivity contribution in [3.63, 3.8) is 0 Å². The summed E-state index contributed by atoms with van der Waals surface area (Å²) in [5, 5.41) is 8.77. The topological polar surface area (TPSA) is 76.7 Å². The second-order valence-electron chi connectivity index (χ2n) is 3.20. The van der Waals surface area contributed by atoms with E-state index in [1.54, 1.807) is 6.07 Å². The predicted octanol–water partition coefficient (Wildman–Crippen LogP) is 2.20. The highest BCUT2D eigenvalue weighted by molar-refractivity contribution is 5.90. The smallest absolute Gasteiger partial charge is 0.379 e. The summed E-state index contributed by atoms with van der Waals surface area (Å²) in [5.41, 5.74) is 0.0507. The van der Waals surface area contributed by atoms with Gasteiger partial charge in [-0.3, -0.25) is 0 Å². The number of carbonyl (C=O) groups is 2. The molecule has 5 nitrogen and oxygen atoms in total. The number of furan rings is 1. The number of hydrogen-bond acceptors (Lipinski definition) is 4. The van der Waals surface area contributed by atoms with Crippen molar-refractivity contribution < 1.29 is 23.8 Å². The maximum Gasteiger partial charge on any atom is 0.379 e. The predicted molar refractivity (Wildman–Crippen MR) is 57.1 cm³/mol. The van der Waals surface area contributed by atoms with Crippen molar-refractivity contribution >= 4 is 11.9 Å². The van der Waals surface area contributed by atoms with Gasteiger partial charge in [0.15, 0.2) is 0 Å². The Morgan fingerprint density at radius 3 is 2.65 bits per heavy atom. The molecule has 0 amide bonds. The molecule has 1 aromatic carbocycles. The fraction of sp³-hybridized carbons (Fsp3) is 0. The molecule has 2 aromatic rings. The molecule has 2 rings (SSSR count). The third-order valence-electron chi connectivity index (χ3n) is 2.01. The van der Waals surface area contributed by atoms with Crippen LogP contribution in [0.1, 0.15) is 20.9 Å². The van der Waals surface area contributed by atoms with E-state index < -0.39 is 11.9 Å². The molecular weight excluding hydrogens is 224 g/mol. The molecule has 5 heteroatoms. The van der Waals surface area contributed by atoms with E-state index >= 15 is 0 Å². The summed E-state index contributed by atoms with van der Waals surface area (Å²) in [6.45, 7) is 0. The summed E-state index contributed by atoms with van der Waals surface area (Å²) in [5.74, 6) is -1.53. The van der Waals surface area contributed by atoms with E-state index in [1.165, 1.54) is 36.6 Å². The molecular formula is C12H8O5. The maximum absolute atomic E-state index is 11.5. The van der Waals surface area contributed by atoms with E-state index in [-0.39, 0.29) is 17.1 Å². The highest BCUT2D eigenvalue weighted by Gasteiger charge is 2.12. The van der Waals surface area contributed by atoms with Crippen LogP contribution < -0.4 is 4.74 Å². The third kappa shape index (κ3) is 2.52. The van der Waals surface area contributed by atoms with E-state index in [0.717, 1.165) is 0 Å². The Labute approximate surface area is 96.2 Å². The molecule has 1 heterocycles. The van der Waals surface area contributed by atoms with E-state index in [9.17, 15) is 9.59 Å². The number of carbonyl (C=O) groups excluding carboxylic acids is 1. The summed E-state index contributed by atoms with van der Waals surface area (Å²) in [4.78, 5) is 22.2. The highest BCUT2D eigenvalue weighted by Crippen LogP contribution is 2.15. The largest absolute Gasteiger partial charge is 0.478 e. The summed E-state index contributed by atoms with van der Waals surface area (Å²) < 4.78 is 9.81. The number of carboxylic acid groups (broad SMARTS) is 1. The number of hydrogen-bond donors (Lipinski definition) is 1. The normalized spacial score (nSPS) is 9.88. The molecule has 86 valence electrons. The first-order valence-electron chi connectivity index (χ1n) is 4.76. The second-order valence-corrected chi connectivity index (χ2v) is 3.20. The van der Waals surface area contributed by atoms with Crippen molar-refractivity contribution in [2.75, 3.05) is 0 Å². The first-order valence-corrected chi connectivity index (χ1v) is 4.76. The minimum Gasteiger partial charge on any atom is -0.478 e. The van der Waals surface area contributed by atoms with E-state index in [4.69, 9.17) is 14.3 Å². The monoisotopic (exact) mass is 232 g/mol. The van der Waals surface area contributed by atoms with Gasteiger partial charge in [0.25, 0.3) is 0 Å². The Hall–Kier alpha value is -2.56. The Morgan fingerprint density at radius 1 is 1.18 bits per heavy atom. The Morgan fingerprint density at radius 2 is 2.00 bits per heavy atom. The molecule has 1 N–H and O–H groups in total. The molecule has 0 radical (unpaired) electrons. The molecule has 0 bridgehead atoms. The number of rotatable bonds is 3. The van der Waals surface area contributed by atoms with Crippen LogP contribution in [-0.4, -0.2) is 17.0 Å². The van der Waals surface area contributed by atoms with Gasteiger partial charge in [0.2, 0.25) is 5.76 Å². The molecule has 0 unspecified atom stereocenters. The van der Waals surface area contributed by atoms with Crippen LogP contribution >= 0.6 is 0 Å². The fourth-order valence-corrected chi connectivity index (χ4v) is 1.24. The highest BCUT2D eigenvalue weighted by atomic mass is 16.5. The quantitative estimate of drug-likeness (QED) is 0.648. The van der Waals surface area contributed by atoms with Gasteiger partial charge in [-0.2, -0.15) is 0 Å². The van der Waals surface area contributed by atoms with Crippen LogP contribution in [0.15, 0.2) is 47.1 Å². The summed E-state index contributed by atoms with van der Waals surface area (Å²) in [6.07, 6.45) is 1.35. The van der Waals surface area contributed by atoms with Crippen molar-refractivity contribution in [1.82, 2.24) is 0 Å². The lowest BCUT2D eigenvalue weighted by atomic mass is 10.2. The van der Waals surface area contributed by atoms with Crippen LogP contribution in [0.5, 0.6) is 5.75 Å². The minimum atomic E-state index is -1.08. The molecule has 0 aliphatic heterocycles. The lowest BCUT2D eigenvalue weighted by Crippen LogP contribution is -2.07. The second kappa shape index (κ2) is 4.52. The number of carboxylic acids is 1. The third-order valence-corrected chi connectivity index (χ3v) is 2.01. The van der Waals surface area contributed by atoms with Gasteiger partial charge in [-0.1, -0.05) is 6.07 Å². The molecule has 0 aliphatic rings. The Kier molecular flexibility index (Phi) is 2.91. The molecule has 1 aromatic heterocycles. The zero-order valence-corrected chi connectivity index (χ0v) is 8.62. The molecule has 0 fully saturated rings. The van der Waals surface area contributed by atoms with Crippen LogP contribution in [0.2, 0.25) is 0 Å². The summed E-state index contributed by atoms with van der Waals surface area (Å²) in [6, 6.07) is 8.69. The van der Waals surface area contributed by atoms with Crippen molar-refractivity contribution in [1.29, 1.82) is 0 Å². The van der Waals surface area contributed by atoms with Crippen LogP contribution in [0.4, 0.5) is 0 Å². The number of benzene rings is 1. The fourth-order valence-electron chi connectivity index (χ4n) is 1.24. The van der Waals surface area contributed by atoms with Gasteiger partial charge >= 0.3 is 11.9 Å². The number of esters is 1. The van der Waals surface area contributed by atoms with Crippen molar-refractivity contribution in [2.24, 2.45) is 0 Å². The number of ether oxygens (including phenoxy) is 1. The van der Waals surface area contributed by atoms with Crippen molar-refractivity contribution in [3.05, 3.63) is 54.0 Å². The zero-order valence-electron chi connectivity index (χ0n) is 8.62. The molecule has 17 heavy (non-hydrogen) atoms. The Bertz CT molecular complexity index is 542. The van der Waals surface area contributed by atoms with Gasteiger partial charge in [-0.15, -0.1) is 0 Å². The lowest BCUT2D eigenvalue weighted by molar-refractivity contribution is 0.0678. The van der Waals surface area contributed by atoms with E-state index in [0.29, 0.717) is 0 Å². The average molecular weight is 232 g/mol. The van der Waals surface area contributed by atoms with Crippen LogP contribution in [-0.2, 0) is 0 Å². The van der Waals surface area contributed by atoms with Gasteiger partial charge in [0.1, 0.15) is 5.75 Å². The van der Waals surface area contributed by atoms with Crippen LogP contribution in [0.3, 0.4) is 0 Å². The van der Waals surface area contributed by atoms with Gasteiger partial charge in [0.05, 0.1) is 11.8 Å². The van der Waals surface area contributed by atoms with E-state index in [1.807, 2.05) is 0 Å². The first-order chi connectivity index (χ1) is 8.16. The average Bonchev–Trinajstić information content (AvgIpc) is 2.82. The SMILES string of the molecule is O=C(O)c1cccc(OC(=O)c2ccco2)c1. The molecule has 0 spiro atoms. The van der Waals surface area contributed by atoms with Crippen molar-refractivity contribution in [3.8, 4) is 5.75 Å². The van der Waals surface area contributed by atoms with Crippen molar-refractivity contribution in [2.45, 2.75) is 0 Å². The van der Waals surface area contributed by atoms with E-state index in [2.05, 4.69) is 0 Å². The maximum atomic E-state index is 11.5. The standard InChI is InChI=1S/C12H8O5/c13-11(14)8-3-1-4-9(7-8)17-12(15)10-5-2-6-16-10/h1-7H,(H,13,14). The summed E-state index contributed by atoms with van der Waals surface area (Å²) >= 11 is 0. The molecule has 0 aliphatic carbocycles. The van der Waals surface area contributed by atoms with Crippen LogP contribution in [0, 0.1) is 0 Å². The van der Waals surface area contributed by atoms with Crippen LogP contribution in [0.25, 0.3) is 0 Å². The number of aromatic carboxylic acids is 1. The van der Waals surface area contributed by atoms with Gasteiger partial charge in [-0.05, 0) is 30.3 Å². The zero-order chi connectivity index (χ0) is 12.3. The van der Waals surface area contributed by atoms with Gasteiger partial charge in [0, 0.05) is 0 Å². The molecule has 0 saturated heterocycles. The van der Waals surface area contributed by atoms with Gasteiger partial charge in [-0.25, -0.2) is 9.59 Å². The van der Waals surface area contributed by atoms with Gasteiger partial charge < -0.3 is 14.3 Å². The first kappa shape index (κ1) is 10.9. The molecule has 0 atom stereocenters. The molecule has 0 saturated carbocycles. The summed E-state index contributed by atoms with van der Waals surface area (Å²) in [7, 11) is 0.